The molecule has 1 heterocycles. The zero-order chi connectivity index (χ0) is 13.5. The normalized spacial score (nSPS) is 25.9. The number of benzene rings is 1. The Morgan fingerprint density at radius 1 is 1.26 bits per heavy atom. The Labute approximate surface area is 115 Å². The Morgan fingerprint density at radius 2 is 2.05 bits per heavy atom. The fraction of sp³-hybridized carbons (Fsp3) is 0.533. The van der Waals surface area contributed by atoms with Gasteiger partial charge in [0.25, 0.3) is 0 Å². The largest absolute Gasteiger partial charge is 0.383 e. The van der Waals surface area contributed by atoms with Crippen molar-refractivity contribution in [3.8, 4) is 0 Å². The van der Waals surface area contributed by atoms with Crippen molar-refractivity contribution >= 4 is 14.0 Å². The second-order valence-electron chi connectivity index (χ2n) is 6.37. The molecule has 0 aromatic heterocycles. The van der Waals surface area contributed by atoms with E-state index in [4.69, 9.17) is 9.26 Å². The standard InChI is InChI=1S/C15H21NO2Si/c1-19(2,3)18-14-10-12-9-8-11-6-4-5-7-13(11)15(12)16-17-14/h4-7,12,14H,8-10H2,1-3H3/t12-,14-/m0/s1. The number of nitrogens with zero attached hydrogens (tertiary/aromatic N) is 1. The summed E-state index contributed by atoms with van der Waals surface area (Å²) in [5, 5.41) is 4.37. The maximum atomic E-state index is 6.03. The maximum absolute atomic E-state index is 6.03. The monoisotopic (exact) mass is 275 g/mol. The molecular formula is C15H21NO2Si. The number of oxime groups is 1. The lowest BCUT2D eigenvalue weighted by atomic mass is 9.80. The van der Waals surface area contributed by atoms with Crippen LogP contribution in [0.2, 0.25) is 19.6 Å². The maximum Gasteiger partial charge on any atom is 0.218 e. The van der Waals surface area contributed by atoms with Gasteiger partial charge in [0.05, 0.1) is 5.71 Å². The van der Waals surface area contributed by atoms with Crippen LogP contribution in [0.15, 0.2) is 29.4 Å². The van der Waals surface area contributed by atoms with E-state index in [-0.39, 0.29) is 6.29 Å². The zero-order valence-corrected chi connectivity index (χ0v) is 12.8. The fourth-order valence-electron chi connectivity index (χ4n) is 2.88. The van der Waals surface area contributed by atoms with Crippen molar-refractivity contribution in [1.82, 2.24) is 0 Å². The van der Waals surface area contributed by atoms with Crippen LogP contribution in [-0.2, 0) is 15.7 Å². The predicted octanol–water partition coefficient (Wildman–Crippen LogP) is 3.55. The highest BCUT2D eigenvalue weighted by molar-refractivity contribution is 6.69. The summed E-state index contributed by atoms with van der Waals surface area (Å²) in [6, 6.07) is 8.52. The van der Waals surface area contributed by atoms with Crippen LogP contribution in [0.3, 0.4) is 0 Å². The Bertz CT molecular complexity index is 507. The molecule has 0 bridgehead atoms. The summed E-state index contributed by atoms with van der Waals surface area (Å²) < 4.78 is 6.03. The molecule has 1 aliphatic carbocycles. The average molecular weight is 275 g/mol. The van der Waals surface area contributed by atoms with Crippen molar-refractivity contribution in [2.24, 2.45) is 11.1 Å². The van der Waals surface area contributed by atoms with Crippen molar-refractivity contribution < 1.29 is 9.26 Å². The van der Waals surface area contributed by atoms with Crippen LogP contribution < -0.4 is 0 Å². The molecule has 0 fully saturated rings. The van der Waals surface area contributed by atoms with Gasteiger partial charge < -0.3 is 9.26 Å². The molecule has 0 saturated carbocycles. The van der Waals surface area contributed by atoms with Crippen LogP contribution in [0.4, 0.5) is 0 Å². The van der Waals surface area contributed by atoms with Crippen molar-refractivity contribution in [3.05, 3.63) is 35.4 Å². The number of hydrogen-bond donors (Lipinski definition) is 0. The molecule has 1 aromatic rings. The minimum Gasteiger partial charge on any atom is -0.383 e. The van der Waals surface area contributed by atoms with E-state index in [9.17, 15) is 0 Å². The molecular weight excluding hydrogens is 254 g/mol. The van der Waals surface area contributed by atoms with Gasteiger partial charge in [0.15, 0.2) is 8.32 Å². The van der Waals surface area contributed by atoms with E-state index >= 15 is 0 Å². The highest BCUT2D eigenvalue weighted by Gasteiger charge is 2.34. The molecule has 2 atom stereocenters. The third-order valence-corrected chi connectivity index (χ3v) is 4.64. The molecule has 1 aromatic carbocycles. The van der Waals surface area contributed by atoms with Gasteiger partial charge in [-0.3, -0.25) is 0 Å². The third kappa shape index (κ3) is 2.74. The second kappa shape index (κ2) is 4.76. The number of aryl methyl sites for hydroxylation is 1. The van der Waals surface area contributed by atoms with Gasteiger partial charge in [0.2, 0.25) is 6.29 Å². The van der Waals surface area contributed by atoms with Gasteiger partial charge in [-0.05, 0) is 38.0 Å². The summed E-state index contributed by atoms with van der Waals surface area (Å²) in [4.78, 5) is 5.58. The molecule has 19 heavy (non-hydrogen) atoms. The molecule has 0 N–H and O–H groups in total. The lowest BCUT2D eigenvalue weighted by Crippen LogP contribution is -2.39. The Morgan fingerprint density at radius 3 is 2.84 bits per heavy atom. The minimum atomic E-state index is -1.57. The highest BCUT2D eigenvalue weighted by Crippen LogP contribution is 2.33. The van der Waals surface area contributed by atoms with Gasteiger partial charge in [-0.25, -0.2) is 0 Å². The Kier molecular flexibility index (Phi) is 3.23. The first kappa shape index (κ1) is 12.9. The van der Waals surface area contributed by atoms with Crippen molar-refractivity contribution in [3.63, 3.8) is 0 Å². The molecule has 0 spiro atoms. The summed E-state index contributed by atoms with van der Waals surface area (Å²) in [6.45, 7) is 6.56. The fourth-order valence-corrected chi connectivity index (χ4v) is 3.81. The van der Waals surface area contributed by atoms with E-state index in [2.05, 4.69) is 49.1 Å². The van der Waals surface area contributed by atoms with E-state index in [0.29, 0.717) is 5.92 Å². The molecule has 3 nitrogen and oxygen atoms in total. The first-order valence-electron chi connectivity index (χ1n) is 7.03. The summed E-state index contributed by atoms with van der Waals surface area (Å²) in [6.07, 6.45) is 3.09. The second-order valence-corrected chi connectivity index (χ2v) is 10.8. The van der Waals surface area contributed by atoms with Gasteiger partial charge in [0, 0.05) is 17.9 Å². The molecule has 102 valence electrons. The van der Waals surface area contributed by atoms with E-state index < -0.39 is 8.32 Å². The summed E-state index contributed by atoms with van der Waals surface area (Å²) in [5.74, 6) is 0.491. The van der Waals surface area contributed by atoms with Crippen LogP contribution >= 0.6 is 0 Å². The van der Waals surface area contributed by atoms with Gasteiger partial charge in [-0.2, -0.15) is 0 Å². The van der Waals surface area contributed by atoms with Crippen LogP contribution in [0.25, 0.3) is 0 Å². The Hall–Kier alpha value is -1.13. The lowest BCUT2D eigenvalue weighted by Gasteiger charge is -2.34. The van der Waals surface area contributed by atoms with Crippen LogP contribution in [0, 0.1) is 5.92 Å². The third-order valence-electron chi connectivity index (χ3n) is 3.67. The van der Waals surface area contributed by atoms with E-state index in [1.165, 1.54) is 11.1 Å². The summed E-state index contributed by atoms with van der Waals surface area (Å²) in [7, 11) is -1.57. The first-order valence-corrected chi connectivity index (χ1v) is 10.4. The van der Waals surface area contributed by atoms with Gasteiger partial charge in [-0.15, -0.1) is 0 Å². The molecule has 0 radical (unpaired) electrons. The van der Waals surface area contributed by atoms with Crippen molar-refractivity contribution in [2.45, 2.75) is 45.2 Å². The first-order chi connectivity index (χ1) is 9.03. The quantitative estimate of drug-likeness (QED) is 0.773. The van der Waals surface area contributed by atoms with Crippen LogP contribution in [-0.4, -0.2) is 20.3 Å². The molecule has 0 amide bonds. The molecule has 3 rings (SSSR count). The molecule has 2 aliphatic rings. The predicted molar refractivity (Wildman–Crippen MR) is 78.7 cm³/mol. The Balaban J connectivity index is 1.82. The summed E-state index contributed by atoms with van der Waals surface area (Å²) >= 11 is 0. The minimum absolute atomic E-state index is 0.148. The highest BCUT2D eigenvalue weighted by atomic mass is 28.4. The van der Waals surface area contributed by atoms with Crippen molar-refractivity contribution in [1.29, 1.82) is 0 Å². The number of rotatable bonds is 2. The smallest absolute Gasteiger partial charge is 0.218 e. The number of fused-ring (bicyclic) bond motifs is 3. The average Bonchev–Trinajstić information content (AvgIpc) is 2.36. The van der Waals surface area contributed by atoms with Gasteiger partial charge in [-0.1, -0.05) is 29.4 Å². The SMILES string of the molecule is C[Si](C)(C)O[C@H]1C[C@@H]2CCc3ccccc3C2=NO1. The van der Waals surface area contributed by atoms with E-state index in [0.717, 1.165) is 25.0 Å². The molecule has 0 saturated heterocycles. The van der Waals surface area contributed by atoms with E-state index in [1.54, 1.807) is 0 Å². The van der Waals surface area contributed by atoms with Gasteiger partial charge >= 0.3 is 0 Å². The topological polar surface area (TPSA) is 30.8 Å². The molecule has 0 unspecified atom stereocenters. The van der Waals surface area contributed by atoms with Crippen LogP contribution in [0.1, 0.15) is 24.0 Å². The molecule has 1 aliphatic heterocycles. The van der Waals surface area contributed by atoms with Gasteiger partial charge in [0.1, 0.15) is 0 Å². The van der Waals surface area contributed by atoms with Crippen LogP contribution in [0.5, 0.6) is 0 Å². The lowest BCUT2D eigenvalue weighted by molar-refractivity contribution is -0.103. The van der Waals surface area contributed by atoms with Crippen molar-refractivity contribution in [2.75, 3.05) is 0 Å². The van der Waals surface area contributed by atoms with E-state index in [1.807, 2.05) is 0 Å². The molecule has 4 heteroatoms. The number of hydrogen-bond acceptors (Lipinski definition) is 3. The zero-order valence-electron chi connectivity index (χ0n) is 11.8. The summed E-state index contributed by atoms with van der Waals surface area (Å²) in [5.41, 5.74) is 3.79.